The first-order valence-corrected chi connectivity index (χ1v) is 6.05. The van der Waals surface area contributed by atoms with Gasteiger partial charge in [0.15, 0.2) is 0 Å². The van der Waals surface area contributed by atoms with Crippen LogP contribution in [-0.4, -0.2) is 21.5 Å². The van der Waals surface area contributed by atoms with Crippen LogP contribution < -0.4 is 11.1 Å². The van der Waals surface area contributed by atoms with E-state index in [0.29, 0.717) is 4.47 Å². The lowest BCUT2D eigenvalue weighted by Gasteiger charge is -2.24. The van der Waals surface area contributed by atoms with E-state index >= 15 is 0 Å². The third-order valence-corrected chi connectivity index (χ3v) is 3.25. The standard InChI is InChI=1S/C11H13BrN2O2S/c1-11(2,10(13)17)14-9(16)7-4-3-6(12)5-8(7)15/h3-5,15H,1-2H3,(H2,13,17)(H,14,16). The van der Waals surface area contributed by atoms with Gasteiger partial charge in [0.05, 0.1) is 16.1 Å². The van der Waals surface area contributed by atoms with Gasteiger partial charge in [-0.1, -0.05) is 28.1 Å². The summed E-state index contributed by atoms with van der Waals surface area (Å²) < 4.78 is 0.695. The summed E-state index contributed by atoms with van der Waals surface area (Å²) in [5.41, 5.74) is 4.88. The van der Waals surface area contributed by atoms with Crippen LogP contribution in [0.25, 0.3) is 0 Å². The van der Waals surface area contributed by atoms with Gasteiger partial charge in [0.2, 0.25) is 0 Å². The van der Waals surface area contributed by atoms with E-state index in [-0.39, 0.29) is 16.3 Å². The molecule has 0 fully saturated rings. The third-order valence-electron chi connectivity index (χ3n) is 2.25. The second-order valence-corrected chi connectivity index (χ2v) is 5.46. The number of nitrogens with one attached hydrogen (secondary N) is 1. The lowest BCUT2D eigenvalue weighted by Crippen LogP contribution is -2.52. The van der Waals surface area contributed by atoms with Gasteiger partial charge in [-0.2, -0.15) is 0 Å². The molecule has 0 saturated heterocycles. The van der Waals surface area contributed by atoms with Crippen molar-refractivity contribution in [1.29, 1.82) is 0 Å². The van der Waals surface area contributed by atoms with Crippen LogP contribution in [0.4, 0.5) is 0 Å². The number of aromatic hydroxyl groups is 1. The highest BCUT2D eigenvalue weighted by Crippen LogP contribution is 2.22. The van der Waals surface area contributed by atoms with E-state index < -0.39 is 11.4 Å². The fourth-order valence-electron chi connectivity index (χ4n) is 1.11. The van der Waals surface area contributed by atoms with Gasteiger partial charge in [-0.25, -0.2) is 0 Å². The number of nitrogens with two attached hydrogens (primary N) is 1. The van der Waals surface area contributed by atoms with Crippen molar-refractivity contribution in [2.24, 2.45) is 5.73 Å². The maximum atomic E-state index is 11.9. The molecule has 0 aliphatic rings. The Labute approximate surface area is 113 Å². The minimum Gasteiger partial charge on any atom is -0.507 e. The Hall–Kier alpha value is -1.14. The fourth-order valence-corrected chi connectivity index (χ4v) is 1.51. The summed E-state index contributed by atoms with van der Waals surface area (Å²) in [5.74, 6) is -0.525. The van der Waals surface area contributed by atoms with Crippen LogP contribution in [0.3, 0.4) is 0 Å². The SMILES string of the molecule is CC(C)(NC(=O)c1ccc(Br)cc1O)C(N)=S. The predicted molar refractivity (Wildman–Crippen MR) is 74.1 cm³/mol. The zero-order chi connectivity index (χ0) is 13.2. The summed E-state index contributed by atoms with van der Waals surface area (Å²) in [5, 5.41) is 12.3. The zero-order valence-electron chi connectivity index (χ0n) is 9.45. The summed E-state index contributed by atoms with van der Waals surface area (Å²) in [6, 6.07) is 4.63. The lowest BCUT2D eigenvalue weighted by atomic mass is 10.0. The molecule has 6 heteroatoms. The number of halogens is 1. The van der Waals surface area contributed by atoms with E-state index in [4.69, 9.17) is 18.0 Å². The zero-order valence-corrected chi connectivity index (χ0v) is 11.9. The topological polar surface area (TPSA) is 75.3 Å². The van der Waals surface area contributed by atoms with Crippen LogP contribution in [0, 0.1) is 0 Å². The molecular weight excluding hydrogens is 304 g/mol. The first-order valence-electron chi connectivity index (χ1n) is 4.85. The first-order chi connectivity index (χ1) is 7.74. The van der Waals surface area contributed by atoms with E-state index in [0.717, 1.165) is 0 Å². The minimum atomic E-state index is -0.800. The molecule has 0 aliphatic heterocycles. The number of phenolic OH excluding ortho intramolecular Hbond substituents is 1. The third kappa shape index (κ3) is 3.41. The van der Waals surface area contributed by atoms with E-state index in [1.807, 2.05) is 0 Å². The maximum Gasteiger partial charge on any atom is 0.255 e. The van der Waals surface area contributed by atoms with Gasteiger partial charge in [0.1, 0.15) is 5.75 Å². The number of carbonyl (C=O) groups is 1. The highest BCUT2D eigenvalue weighted by molar-refractivity contribution is 9.10. The number of hydrogen-bond donors (Lipinski definition) is 3. The molecule has 4 nitrogen and oxygen atoms in total. The molecule has 0 radical (unpaired) electrons. The molecule has 0 atom stereocenters. The number of benzene rings is 1. The summed E-state index contributed by atoms with van der Waals surface area (Å²) in [7, 11) is 0. The van der Waals surface area contributed by atoms with Crippen molar-refractivity contribution in [3.8, 4) is 5.75 Å². The molecule has 1 rings (SSSR count). The predicted octanol–water partition coefficient (Wildman–Crippen LogP) is 1.95. The van der Waals surface area contributed by atoms with Gasteiger partial charge in [-0.15, -0.1) is 0 Å². The smallest absolute Gasteiger partial charge is 0.255 e. The second-order valence-electron chi connectivity index (χ2n) is 4.10. The Balaban J connectivity index is 2.95. The van der Waals surface area contributed by atoms with Crippen molar-refractivity contribution in [3.05, 3.63) is 28.2 Å². The van der Waals surface area contributed by atoms with Gasteiger partial charge in [-0.3, -0.25) is 4.79 Å². The number of amides is 1. The van der Waals surface area contributed by atoms with Crippen molar-refractivity contribution in [3.63, 3.8) is 0 Å². The second kappa shape index (κ2) is 5.01. The Bertz CT molecular complexity index is 475. The Morgan fingerprint density at radius 2 is 2.12 bits per heavy atom. The molecule has 4 N–H and O–H groups in total. The van der Waals surface area contributed by atoms with E-state index in [2.05, 4.69) is 21.2 Å². The largest absolute Gasteiger partial charge is 0.507 e. The van der Waals surface area contributed by atoms with Crippen molar-refractivity contribution in [2.75, 3.05) is 0 Å². The van der Waals surface area contributed by atoms with Gasteiger partial charge < -0.3 is 16.2 Å². The monoisotopic (exact) mass is 316 g/mol. The average molecular weight is 317 g/mol. The Kier molecular flexibility index (Phi) is 4.11. The van der Waals surface area contributed by atoms with Crippen LogP contribution >= 0.6 is 28.1 Å². The first kappa shape index (κ1) is 13.9. The maximum absolute atomic E-state index is 11.9. The minimum absolute atomic E-state index is 0.101. The van der Waals surface area contributed by atoms with Gasteiger partial charge in [-0.05, 0) is 32.0 Å². The van der Waals surface area contributed by atoms with Crippen LogP contribution in [0.1, 0.15) is 24.2 Å². The van der Waals surface area contributed by atoms with Crippen LogP contribution in [0.5, 0.6) is 5.75 Å². The van der Waals surface area contributed by atoms with E-state index in [1.165, 1.54) is 12.1 Å². The molecule has 0 unspecified atom stereocenters. The van der Waals surface area contributed by atoms with Crippen molar-refractivity contribution in [2.45, 2.75) is 19.4 Å². The summed E-state index contributed by atoms with van der Waals surface area (Å²) in [4.78, 5) is 12.1. The van der Waals surface area contributed by atoms with Crippen molar-refractivity contribution < 1.29 is 9.90 Å². The molecule has 0 bridgehead atoms. The number of hydrogen-bond acceptors (Lipinski definition) is 3. The highest BCUT2D eigenvalue weighted by Gasteiger charge is 2.25. The van der Waals surface area contributed by atoms with E-state index in [9.17, 15) is 9.90 Å². The molecule has 0 aliphatic carbocycles. The van der Waals surface area contributed by atoms with Crippen molar-refractivity contribution >= 4 is 39.0 Å². The number of rotatable bonds is 3. The fraction of sp³-hybridized carbons (Fsp3) is 0.273. The number of carbonyl (C=O) groups excluding carboxylic acids is 1. The van der Waals surface area contributed by atoms with Gasteiger partial charge >= 0.3 is 0 Å². The molecule has 17 heavy (non-hydrogen) atoms. The molecule has 0 aromatic heterocycles. The van der Waals surface area contributed by atoms with Gasteiger partial charge in [0, 0.05) is 4.47 Å². The molecule has 0 spiro atoms. The van der Waals surface area contributed by atoms with Crippen molar-refractivity contribution in [1.82, 2.24) is 5.32 Å². The number of thiocarbonyl (C=S) groups is 1. The molecule has 1 aromatic rings. The highest BCUT2D eigenvalue weighted by atomic mass is 79.9. The quantitative estimate of drug-likeness (QED) is 0.745. The lowest BCUT2D eigenvalue weighted by molar-refractivity contribution is 0.0929. The summed E-state index contributed by atoms with van der Waals surface area (Å²) >= 11 is 8.04. The van der Waals surface area contributed by atoms with Crippen LogP contribution in [-0.2, 0) is 0 Å². The molecule has 92 valence electrons. The average Bonchev–Trinajstić information content (AvgIpc) is 2.15. The Morgan fingerprint density at radius 3 is 2.59 bits per heavy atom. The summed E-state index contributed by atoms with van der Waals surface area (Å²) in [6.07, 6.45) is 0. The normalized spacial score (nSPS) is 11.0. The van der Waals surface area contributed by atoms with E-state index in [1.54, 1.807) is 19.9 Å². The van der Waals surface area contributed by atoms with Crippen LogP contribution in [0.2, 0.25) is 0 Å². The molecule has 1 aromatic carbocycles. The molecule has 0 heterocycles. The number of phenols is 1. The summed E-state index contributed by atoms with van der Waals surface area (Å²) in [6.45, 7) is 3.40. The molecular formula is C11H13BrN2O2S. The molecule has 1 amide bonds. The molecule has 0 saturated carbocycles. The van der Waals surface area contributed by atoms with Gasteiger partial charge in [0.25, 0.3) is 5.91 Å². The van der Waals surface area contributed by atoms with Crippen LogP contribution in [0.15, 0.2) is 22.7 Å². The Morgan fingerprint density at radius 1 is 1.53 bits per heavy atom.